The van der Waals surface area contributed by atoms with E-state index in [1.165, 1.54) is 6.42 Å². The monoisotopic (exact) mass is 241 g/mol. The van der Waals surface area contributed by atoms with Crippen LogP contribution in [0.15, 0.2) is 0 Å². The summed E-state index contributed by atoms with van der Waals surface area (Å²) in [5, 5.41) is 0. The predicted molar refractivity (Wildman–Crippen MR) is 70.0 cm³/mol. The smallest absolute Gasteiger partial charge is 0.410 e. The molecule has 100 valence electrons. The Bertz CT molecular complexity index is 270. The van der Waals surface area contributed by atoms with Gasteiger partial charge in [0.25, 0.3) is 0 Å². The molecule has 1 aliphatic rings. The van der Waals surface area contributed by atoms with Gasteiger partial charge in [0.1, 0.15) is 5.60 Å². The lowest BCUT2D eigenvalue weighted by molar-refractivity contribution is -0.00702. The Labute approximate surface area is 106 Å². The average molecular weight is 241 g/mol. The molecule has 0 aromatic carbocycles. The second-order valence-corrected chi connectivity index (χ2v) is 6.43. The molecule has 0 bridgehead atoms. The zero-order valence-electron chi connectivity index (χ0n) is 12.1. The van der Waals surface area contributed by atoms with E-state index in [0.717, 1.165) is 13.0 Å². The van der Waals surface area contributed by atoms with E-state index >= 15 is 0 Å². The van der Waals surface area contributed by atoms with Crippen LogP contribution < -0.4 is 0 Å². The maximum atomic E-state index is 12.2. The van der Waals surface area contributed by atoms with E-state index in [1.807, 2.05) is 25.7 Å². The van der Waals surface area contributed by atoms with Crippen LogP contribution in [0.2, 0.25) is 0 Å². The lowest BCUT2D eigenvalue weighted by atomic mass is 9.84. The minimum Gasteiger partial charge on any atom is -0.444 e. The van der Waals surface area contributed by atoms with Gasteiger partial charge < -0.3 is 9.64 Å². The summed E-state index contributed by atoms with van der Waals surface area (Å²) in [6.45, 7) is 13.2. The Morgan fingerprint density at radius 2 is 1.94 bits per heavy atom. The summed E-state index contributed by atoms with van der Waals surface area (Å²) in [6.07, 6.45) is 2.06. The first-order valence-corrected chi connectivity index (χ1v) is 6.74. The van der Waals surface area contributed by atoms with Crippen LogP contribution in [0.25, 0.3) is 0 Å². The van der Waals surface area contributed by atoms with Crippen molar-refractivity contribution in [3.63, 3.8) is 0 Å². The van der Waals surface area contributed by atoms with Gasteiger partial charge in [0.15, 0.2) is 0 Å². The first-order valence-electron chi connectivity index (χ1n) is 6.74. The molecule has 17 heavy (non-hydrogen) atoms. The second-order valence-electron chi connectivity index (χ2n) is 6.43. The van der Waals surface area contributed by atoms with Crippen LogP contribution in [-0.2, 0) is 4.74 Å². The molecule has 3 nitrogen and oxygen atoms in total. The van der Waals surface area contributed by atoms with Crippen molar-refractivity contribution < 1.29 is 9.53 Å². The van der Waals surface area contributed by atoms with Gasteiger partial charge in [0.2, 0.25) is 0 Å². The second kappa shape index (κ2) is 5.28. The zero-order valence-corrected chi connectivity index (χ0v) is 12.1. The minimum absolute atomic E-state index is 0.150. The van der Waals surface area contributed by atoms with Gasteiger partial charge in [0.05, 0.1) is 0 Å². The van der Waals surface area contributed by atoms with Gasteiger partial charge in [-0.05, 0) is 45.4 Å². The SMILES string of the molecule is CCC1C(C)CC(C)CN1C(=O)OC(C)(C)C. The number of likely N-dealkylation sites (tertiary alicyclic amines) is 1. The molecule has 1 heterocycles. The van der Waals surface area contributed by atoms with Crippen LogP contribution in [0.1, 0.15) is 54.4 Å². The summed E-state index contributed by atoms with van der Waals surface area (Å²) in [5.41, 5.74) is -0.403. The number of piperidine rings is 1. The van der Waals surface area contributed by atoms with Crippen LogP contribution >= 0.6 is 0 Å². The normalized spacial score (nSPS) is 30.2. The summed E-state index contributed by atoms with van der Waals surface area (Å²) in [6, 6.07) is 0.334. The highest BCUT2D eigenvalue weighted by Crippen LogP contribution is 2.30. The molecule has 0 spiro atoms. The molecule has 1 aliphatic heterocycles. The van der Waals surface area contributed by atoms with Crippen molar-refractivity contribution in [1.29, 1.82) is 0 Å². The molecule has 1 amide bonds. The zero-order chi connectivity index (χ0) is 13.2. The molecule has 0 radical (unpaired) electrons. The molecule has 0 aromatic rings. The standard InChI is InChI=1S/C14H27NO2/c1-7-12-11(3)8-10(2)9-15(12)13(16)17-14(4,5)6/h10-12H,7-9H2,1-6H3. The molecule has 3 heteroatoms. The molecule has 3 atom stereocenters. The van der Waals surface area contributed by atoms with Crippen molar-refractivity contribution >= 4 is 6.09 Å². The third kappa shape index (κ3) is 3.90. The molecule has 0 N–H and O–H groups in total. The van der Waals surface area contributed by atoms with Gasteiger partial charge in [0, 0.05) is 12.6 Å². The number of amides is 1. The highest BCUT2D eigenvalue weighted by Gasteiger charge is 2.35. The van der Waals surface area contributed by atoms with E-state index in [1.54, 1.807) is 0 Å². The topological polar surface area (TPSA) is 29.5 Å². The molecule has 0 aromatic heterocycles. The molecule has 1 rings (SSSR count). The molecule has 3 unspecified atom stereocenters. The lowest BCUT2D eigenvalue weighted by Gasteiger charge is -2.42. The Morgan fingerprint density at radius 3 is 2.41 bits per heavy atom. The number of carbonyl (C=O) groups excluding carboxylic acids is 1. The fourth-order valence-corrected chi connectivity index (χ4v) is 2.80. The molecule has 1 fully saturated rings. The fourth-order valence-electron chi connectivity index (χ4n) is 2.80. The van der Waals surface area contributed by atoms with Crippen LogP contribution in [-0.4, -0.2) is 29.2 Å². The molecular formula is C14H27NO2. The van der Waals surface area contributed by atoms with Crippen LogP contribution in [0.5, 0.6) is 0 Å². The highest BCUT2D eigenvalue weighted by molar-refractivity contribution is 5.68. The quantitative estimate of drug-likeness (QED) is 0.701. The van der Waals surface area contributed by atoms with Crippen molar-refractivity contribution in [1.82, 2.24) is 4.90 Å². The third-order valence-electron chi connectivity index (χ3n) is 3.39. The number of rotatable bonds is 1. The summed E-state index contributed by atoms with van der Waals surface area (Å²) in [7, 11) is 0. The summed E-state index contributed by atoms with van der Waals surface area (Å²) in [4.78, 5) is 14.1. The number of nitrogens with zero attached hydrogens (tertiary/aromatic N) is 1. The van der Waals surface area contributed by atoms with Crippen molar-refractivity contribution in [2.45, 2.75) is 66.0 Å². The van der Waals surface area contributed by atoms with Gasteiger partial charge in [-0.1, -0.05) is 20.8 Å². The largest absolute Gasteiger partial charge is 0.444 e. The van der Waals surface area contributed by atoms with Crippen molar-refractivity contribution in [2.75, 3.05) is 6.54 Å². The van der Waals surface area contributed by atoms with E-state index in [2.05, 4.69) is 20.8 Å². The first kappa shape index (κ1) is 14.3. The van der Waals surface area contributed by atoms with E-state index in [-0.39, 0.29) is 6.09 Å². The molecule has 1 saturated heterocycles. The minimum atomic E-state index is -0.403. The first-order chi connectivity index (χ1) is 7.74. The maximum absolute atomic E-state index is 12.2. The van der Waals surface area contributed by atoms with Gasteiger partial charge in [-0.3, -0.25) is 0 Å². The number of carbonyl (C=O) groups is 1. The number of hydrogen-bond acceptors (Lipinski definition) is 2. The van der Waals surface area contributed by atoms with Gasteiger partial charge in [-0.25, -0.2) is 4.79 Å². The summed E-state index contributed by atoms with van der Waals surface area (Å²) in [5.74, 6) is 1.14. The molecule has 0 aliphatic carbocycles. The summed E-state index contributed by atoms with van der Waals surface area (Å²) < 4.78 is 5.49. The van der Waals surface area contributed by atoms with Crippen molar-refractivity contribution in [3.05, 3.63) is 0 Å². The number of ether oxygens (including phenoxy) is 1. The van der Waals surface area contributed by atoms with E-state index in [9.17, 15) is 4.79 Å². The van der Waals surface area contributed by atoms with Gasteiger partial charge >= 0.3 is 6.09 Å². The van der Waals surface area contributed by atoms with Crippen molar-refractivity contribution in [2.24, 2.45) is 11.8 Å². The summed E-state index contributed by atoms with van der Waals surface area (Å²) >= 11 is 0. The highest BCUT2D eigenvalue weighted by atomic mass is 16.6. The predicted octanol–water partition coefficient (Wildman–Crippen LogP) is 3.68. The van der Waals surface area contributed by atoms with E-state index < -0.39 is 5.60 Å². The van der Waals surface area contributed by atoms with E-state index in [4.69, 9.17) is 4.74 Å². The van der Waals surface area contributed by atoms with Gasteiger partial charge in [-0.2, -0.15) is 0 Å². The Morgan fingerprint density at radius 1 is 1.35 bits per heavy atom. The number of hydrogen-bond donors (Lipinski definition) is 0. The van der Waals surface area contributed by atoms with Crippen LogP contribution in [0, 0.1) is 11.8 Å². The van der Waals surface area contributed by atoms with Crippen LogP contribution in [0.4, 0.5) is 4.79 Å². The van der Waals surface area contributed by atoms with E-state index in [0.29, 0.717) is 17.9 Å². The average Bonchev–Trinajstić information content (AvgIpc) is 2.13. The maximum Gasteiger partial charge on any atom is 0.410 e. The third-order valence-corrected chi connectivity index (χ3v) is 3.39. The molecule has 0 saturated carbocycles. The Balaban J connectivity index is 2.74. The van der Waals surface area contributed by atoms with Crippen molar-refractivity contribution in [3.8, 4) is 0 Å². The Hall–Kier alpha value is -0.730. The van der Waals surface area contributed by atoms with Crippen LogP contribution in [0.3, 0.4) is 0 Å². The lowest BCUT2D eigenvalue weighted by Crippen LogP contribution is -2.51. The molecular weight excluding hydrogens is 214 g/mol. The van der Waals surface area contributed by atoms with Gasteiger partial charge in [-0.15, -0.1) is 0 Å². The Kier molecular flexibility index (Phi) is 4.45. The fraction of sp³-hybridized carbons (Fsp3) is 0.929.